The molecule has 10 heavy (non-hydrogen) atoms. The summed E-state index contributed by atoms with van der Waals surface area (Å²) < 4.78 is 0. The minimum absolute atomic E-state index is 0.0928. The van der Waals surface area contributed by atoms with Crippen molar-refractivity contribution in [3.05, 3.63) is 0 Å². The zero-order valence-electron chi connectivity index (χ0n) is 7.00. The molecule has 3 nitrogen and oxygen atoms in total. The fourth-order valence-corrected chi connectivity index (χ4v) is 0.409. The van der Waals surface area contributed by atoms with Crippen LogP contribution in [-0.4, -0.2) is 24.6 Å². The molecule has 0 saturated heterocycles. The number of carbonyl (C=O) groups excluding carboxylic acids is 1. The van der Waals surface area contributed by atoms with Gasteiger partial charge in [-0.05, 0) is 12.8 Å². The Hall–Kier alpha value is -0.570. The molecular weight excluding hydrogens is 130 g/mol. The minimum Gasteiger partial charge on any atom is -0.276 e. The molecule has 1 unspecified atom stereocenters. The maximum Gasteiger partial charge on any atom is 0.233 e. The molecule has 0 aliphatic rings. The molecule has 0 heterocycles. The van der Waals surface area contributed by atoms with Crippen LogP contribution in [0.15, 0.2) is 0 Å². The van der Waals surface area contributed by atoms with E-state index in [1.807, 2.05) is 20.8 Å². The second-order valence-electron chi connectivity index (χ2n) is 2.71. The van der Waals surface area contributed by atoms with Crippen molar-refractivity contribution in [2.24, 2.45) is 5.92 Å². The van der Waals surface area contributed by atoms with Crippen LogP contribution < -0.4 is 0 Å². The van der Waals surface area contributed by atoms with Crippen LogP contribution in [0.2, 0.25) is 0 Å². The molecular formula is C7H15NO2. The lowest BCUT2D eigenvalue weighted by Crippen LogP contribution is -2.26. The summed E-state index contributed by atoms with van der Waals surface area (Å²) in [6.07, 6.45) is 0.744. The summed E-state index contributed by atoms with van der Waals surface area (Å²) in [7, 11) is 1.59. The van der Waals surface area contributed by atoms with Crippen molar-refractivity contribution in [2.45, 2.75) is 26.9 Å². The van der Waals surface area contributed by atoms with E-state index in [1.54, 1.807) is 7.05 Å². The molecule has 0 spiro atoms. The predicted molar refractivity (Wildman–Crippen MR) is 39.2 cm³/mol. The monoisotopic (exact) mass is 145 g/mol. The summed E-state index contributed by atoms with van der Waals surface area (Å²) in [5, 5.41) is 1.19. The van der Waals surface area contributed by atoms with Crippen molar-refractivity contribution >= 4 is 6.41 Å². The number of carbonyl (C=O) groups is 1. The number of hydrogen-bond donors (Lipinski definition) is 0. The number of rotatable bonds is 4. The average Bonchev–Trinajstić information content (AvgIpc) is 1.87. The molecule has 0 fully saturated rings. The van der Waals surface area contributed by atoms with Crippen LogP contribution in [0.1, 0.15) is 20.8 Å². The van der Waals surface area contributed by atoms with Gasteiger partial charge in [-0.2, -0.15) is 0 Å². The third kappa shape index (κ3) is 3.45. The minimum atomic E-state index is 0.0928. The zero-order valence-corrected chi connectivity index (χ0v) is 7.00. The van der Waals surface area contributed by atoms with E-state index in [2.05, 4.69) is 0 Å². The number of nitrogens with zero attached hydrogens (tertiary/aromatic N) is 1. The first-order chi connectivity index (χ1) is 4.57. The Morgan fingerprint density at radius 3 is 2.20 bits per heavy atom. The Kier molecular flexibility index (Phi) is 4.03. The molecule has 0 aliphatic carbocycles. The van der Waals surface area contributed by atoms with E-state index in [0.29, 0.717) is 12.3 Å². The smallest absolute Gasteiger partial charge is 0.233 e. The summed E-state index contributed by atoms with van der Waals surface area (Å²) >= 11 is 0. The van der Waals surface area contributed by atoms with Crippen LogP contribution in [0.4, 0.5) is 0 Å². The second kappa shape index (κ2) is 4.28. The summed E-state index contributed by atoms with van der Waals surface area (Å²) in [4.78, 5) is 15.2. The van der Waals surface area contributed by atoms with Gasteiger partial charge < -0.3 is 0 Å². The van der Waals surface area contributed by atoms with Crippen LogP contribution >= 0.6 is 0 Å². The number of hydroxylamine groups is 2. The maximum atomic E-state index is 10.1. The van der Waals surface area contributed by atoms with Crippen molar-refractivity contribution < 1.29 is 9.63 Å². The predicted octanol–water partition coefficient (Wildman–Crippen LogP) is 1.05. The van der Waals surface area contributed by atoms with E-state index >= 15 is 0 Å². The van der Waals surface area contributed by atoms with Crippen LogP contribution in [0.5, 0.6) is 0 Å². The lowest BCUT2D eigenvalue weighted by molar-refractivity contribution is -0.187. The molecule has 3 heteroatoms. The van der Waals surface area contributed by atoms with Crippen molar-refractivity contribution in [2.75, 3.05) is 7.05 Å². The largest absolute Gasteiger partial charge is 0.276 e. The Labute approximate surface area is 61.9 Å². The Balaban J connectivity index is 3.56. The van der Waals surface area contributed by atoms with Gasteiger partial charge in [0.25, 0.3) is 0 Å². The third-order valence-corrected chi connectivity index (χ3v) is 1.42. The van der Waals surface area contributed by atoms with Crippen LogP contribution in [0.3, 0.4) is 0 Å². The van der Waals surface area contributed by atoms with Crippen LogP contribution in [0.25, 0.3) is 0 Å². The fourth-order valence-electron chi connectivity index (χ4n) is 0.409. The Bertz CT molecular complexity index is 104. The van der Waals surface area contributed by atoms with Gasteiger partial charge in [-0.15, -0.1) is 0 Å². The van der Waals surface area contributed by atoms with Gasteiger partial charge in [0.15, 0.2) is 0 Å². The highest BCUT2D eigenvalue weighted by Crippen LogP contribution is 2.05. The molecule has 1 amide bonds. The SMILES string of the molecule is CC(C)C(C)ON(C)C=O. The van der Waals surface area contributed by atoms with Crippen molar-refractivity contribution in [1.82, 2.24) is 5.06 Å². The molecule has 0 aromatic carbocycles. The van der Waals surface area contributed by atoms with Gasteiger partial charge in [0.2, 0.25) is 6.41 Å². The first-order valence-electron chi connectivity index (χ1n) is 3.42. The molecule has 0 aromatic heterocycles. The van der Waals surface area contributed by atoms with Gasteiger partial charge in [0, 0.05) is 7.05 Å². The lowest BCUT2D eigenvalue weighted by atomic mass is 10.1. The lowest BCUT2D eigenvalue weighted by Gasteiger charge is -2.20. The summed E-state index contributed by atoms with van der Waals surface area (Å²) in [6.45, 7) is 6.03. The normalized spacial score (nSPS) is 13.3. The standard InChI is InChI=1S/C7H15NO2/c1-6(2)7(3)10-8(4)5-9/h5-7H,1-4H3. The highest BCUT2D eigenvalue weighted by molar-refractivity contribution is 5.44. The molecule has 0 aromatic rings. The first-order valence-corrected chi connectivity index (χ1v) is 3.42. The van der Waals surface area contributed by atoms with Crippen LogP contribution in [-0.2, 0) is 9.63 Å². The highest BCUT2D eigenvalue weighted by atomic mass is 16.7. The van der Waals surface area contributed by atoms with Crippen molar-refractivity contribution in [1.29, 1.82) is 0 Å². The third-order valence-electron chi connectivity index (χ3n) is 1.42. The van der Waals surface area contributed by atoms with E-state index < -0.39 is 0 Å². The van der Waals surface area contributed by atoms with Crippen LogP contribution in [0, 0.1) is 5.92 Å². The van der Waals surface area contributed by atoms with Gasteiger partial charge in [0.05, 0.1) is 6.10 Å². The fraction of sp³-hybridized carbons (Fsp3) is 0.857. The maximum absolute atomic E-state index is 10.1. The van der Waals surface area contributed by atoms with E-state index in [9.17, 15) is 4.79 Å². The topological polar surface area (TPSA) is 29.5 Å². The molecule has 0 N–H and O–H groups in total. The average molecular weight is 145 g/mol. The van der Waals surface area contributed by atoms with Gasteiger partial charge in [0.1, 0.15) is 0 Å². The van der Waals surface area contributed by atoms with E-state index in [0.717, 1.165) is 0 Å². The summed E-state index contributed by atoms with van der Waals surface area (Å²) in [5.41, 5.74) is 0. The van der Waals surface area contributed by atoms with Gasteiger partial charge in [-0.3, -0.25) is 9.63 Å². The summed E-state index contributed by atoms with van der Waals surface area (Å²) in [6, 6.07) is 0. The molecule has 0 bridgehead atoms. The molecule has 1 atom stereocenters. The Morgan fingerprint density at radius 2 is 1.90 bits per heavy atom. The number of hydrogen-bond acceptors (Lipinski definition) is 2. The Morgan fingerprint density at radius 1 is 1.40 bits per heavy atom. The number of amides is 1. The summed E-state index contributed by atoms with van der Waals surface area (Å²) in [5.74, 6) is 0.433. The zero-order chi connectivity index (χ0) is 8.15. The molecule has 0 radical (unpaired) electrons. The van der Waals surface area contributed by atoms with Gasteiger partial charge >= 0.3 is 0 Å². The quantitative estimate of drug-likeness (QED) is 0.437. The van der Waals surface area contributed by atoms with E-state index in [1.165, 1.54) is 5.06 Å². The van der Waals surface area contributed by atoms with E-state index in [4.69, 9.17) is 4.84 Å². The first kappa shape index (κ1) is 9.43. The molecule has 0 rings (SSSR count). The highest BCUT2D eigenvalue weighted by Gasteiger charge is 2.08. The van der Waals surface area contributed by atoms with Crippen molar-refractivity contribution in [3.63, 3.8) is 0 Å². The van der Waals surface area contributed by atoms with Crippen molar-refractivity contribution in [3.8, 4) is 0 Å². The molecule has 0 aliphatic heterocycles. The second-order valence-corrected chi connectivity index (χ2v) is 2.71. The van der Waals surface area contributed by atoms with E-state index in [-0.39, 0.29) is 6.10 Å². The molecule has 0 saturated carbocycles. The van der Waals surface area contributed by atoms with Gasteiger partial charge in [-0.25, -0.2) is 5.06 Å². The molecule has 60 valence electrons. The van der Waals surface area contributed by atoms with Gasteiger partial charge in [-0.1, -0.05) is 13.8 Å².